The van der Waals surface area contributed by atoms with Gasteiger partial charge in [-0.3, -0.25) is 4.79 Å². The zero-order valence-electron chi connectivity index (χ0n) is 16.5. The van der Waals surface area contributed by atoms with Gasteiger partial charge in [0.1, 0.15) is 12.4 Å². The molecule has 0 heterocycles. The molecule has 4 heteroatoms. The molecule has 1 atom stereocenters. The lowest BCUT2D eigenvalue weighted by atomic mass is 10.1. The molecule has 3 rings (SSSR count). The van der Waals surface area contributed by atoms with Crippen molar-refractivity contribution in [2.24, 2.45) is 0 Å². The first-order valence-electron chi connectivity index (χ1n) is 9.22. The Hall–Kier alpha value is -2.72. The average Bonchev–Trinajstić information content (AvgIpc) is 2.74. The van der Waals surface area contributed by atoms with Crippen LogP contribution in [0, 0.1) is 0 Å². The largest absolute Gasteiger partial charge is 0.489 e. The fourth-order valence-corrected chi connectivity index (χ4v) is 3.93. The fourth-order valence-electron chi connectivity index (χ4n) is 3.07. The molecule has 3 aromatic carbocycles. The van der Waals surface area contributed by atoms with Crippen LogP contribution in [0.5, 0.6) is 5.75 Å². The zero-order chi connectivity index (χ0) is 19.9. The summed E-state index contributed by atoms with van der Waals surface area (Å²) in [4.78, 5) is 13.9. The van der Waals surface area contributed by atoms with Crippen molar-refractivity contribution < 1.29 is 9.53 Å². The highest BCUT2D eigenvalue weighted by Crippen LogP contribution is 2.34. The number of hydrogen-bond donors (Lipinski definition) is 0. The number of hydrogen-bond acceptors (Lipinski definition) is 4. The molecule has 0 aliphatic rings. The molecule has 3 nitrogen and oxygen atoms in total. The average molecular weight is 392 g/mol. The van der Waals surface area contributed by atoms with E-state index in [1.807, 2.05) is 54.6 Å². The van der Waals surface area contributed by atoms with Gasteiger partial charge >= 0.3 is 0 Å². The second-order valence-corrected chi connectivity index (χ2v) is 7.57. The van der Waals surface area contributed by atoms with Gasteiger partial charge in [0.15, 0.2) is 5.78 Å². The molecule has 0 amide bonds. The molecule has 0 N–H and O–H groups in total. The Morgan fingerprint density at radius 2 is 1.71 bits per heavy atom. The third kappa shape index (κ3) is 4.96. The van der Waals surface area contributed by atoms with Crippen molar-refractivity contribution in [1.29, 1.82) is 0 Å². The summed E-state index contributed by atoms with van der Waals surface area (Å²) in [7, 11) is 2.06. The molecule has 0 saturated carbocycles. The summed E-state index contributed by atoms with van der Waals surface area (Å²) in [5.74, 6) is 0.935. The van der Waals surface area contributed by atoms with E-state index < -0.39 is 0 Å². The van der Waals surface area contributed by atoms with Gasteiger partial charge in [0, 0.05) is 18.3 Å². The van der Waals surface area contributed by atoms with Crippen LogP contribution in [-0.4, -0.2) is 19.1 Å². The lowest BCUT2D eigenvalue weighted by Crippen LogP contribution is -2.21. The van der Waals surface area contributed by atoms with Gasteiger partial charge in [-0.05, 0) is 48.6 Å². The maximum Gasteiger partial charge on any atom is 0.159 e. The van der Waals surface area contributed by atoms with Crippen LogP contribution < -0.4 is 9.64 Å². The van der Waals surface area contributed by atoms with Crippen molar-refractivity contribution in [3.63, 3.8) is 0 Å². The van der Waals surface area contributed by atoms with E-state index in [1.54, 1.807) is 18.7 Å². The standard InChI is InChI=1S/C24H25NO2S/c1-18(26)21-10-7-11-22(16-21)25(2)24(28-3)20-12-14-23(15-13-20)27-17-19-8-5-4-6-9-19/h4-16,24H,17H2,1-3H3. The van der Waals surface area contributed by atoms with E-state index in [9.17, 15) is 4.79 Å². The van der Waals surface area contributed by atoms with Gasteiger partial charge in [-0.1, -0.05) is 54.6 Å². The number of carbonyl (C=O) groups excluding carboxylic acids is 1. The Morgan fingerprint density at radius 3 is 2.36 bits per heavy atom. The van der Waals surface area contributed by atoms with Crippen LogP contribution in [0.15, 0.2) is 78.9 Å². The van der Waals surface area contributed by atoms with Crippen LogP contribution in [0.4, 0.5) is 5.69 Å². The minimum atomic E-state index is 0.0795. The SMILES string of the molecule is CSC(c1ccc(OCc2ccccc2)cc1)N(C)c1cccc(C(C)=O)c1. The smallest absolute Gasteiger partial charge is 0.159 e. The summed E-state index contributed by atoms with van der Waals surface area (Å²) in [5.41, 5.74) is 4.10. The summed E-state index contributed by atoms with van der Waals surface area (Å²) in [6, 6.07) is 26.2. The highest BCUT2D eigenvalue weighted by molar-refractivity contribution is 7.98. The highest BCUT2D eigenvalue weighted by atomic mass is 32.2. The van der Waals surface area contributed by atoms with Crippen molar-refractivity contribution in [3.05, 3.63) is 95.6 Å². The van der Waals surface area contributed by atoms with E-state index in [1.165, 1.54) is 5.56 Å². The van der Waals surface area contributed by atoms with Crippen molar-refractivity contribution in [2.75, 3.05) is 18.2 Å². The highest BCUT2D eigenvalue weighted by Gasteiger charge is 2.17. The van der Waals surface area contributed by atoms with Gasteiger partial charge in [0.05, 0.1) is 5.37 Å². The normalized spacial score (nSPS) is 11.7. The fraction of sp³-hybridized carbons (Fsp3) is 0.208. The monoisotopic (exact) mass is 391 g/mol. The first kappa shape index (κ1) is 20.0. The van der Waals surface area contributed by atoms with Gasteiger partial charge in [-0.25, -0.2) is 0 Å². The quantitative estimate of drug-likeness (QED) is 0.350. The van der Waals surface area contributed by atoms with Crippen LogP contribution in [0.1, 0.15) is 33.8 Å². The Morgan fingerprint density at radius 1 is 1.00 bits per heavy atom. The summed E-state index contributed by atoms with van der Waals surface area (Å²) in [5, 5.41) is 0.144. The summed E-state index contributed by atoms with van der Waals surface area (Å²) in [6.07, 6.45) is 2.09. The Balaban J connectivity index is 1.71. The summed E-state index contributed by atoms with van der Waals surface area (Å²) >= 11 is 1.76. The van der Waals surface area contributed by atoms with Gasteiger partial charge in [0.25, 0.3) is 0 Å². The minimum absolute atomic E-state index is 0.0795. The molecular weight excluding hydrogens is 366 g/mol. The van der Waals surface area contributed by atoms with E-state index >= 15 is 0 Å². The topological polar surface area (TPSA) is 29.5 Å². The lowest BCUT2D eigenvalue weighted by molar-refractivity contribution is 0.101. The molecule has 0 bridgehead atoms. The molecule has 144 valence electrons. The van der Waals surface area contributed by atoms with E-state index in [-0.39, 0.29) is 11.2 Å². The molecule has 0 radical (unpaired) electrons. The number of rotatable bonds is 8. The van der Waals surface area contributed by atoms with Gasteiger partial charge in [-0.15, -0.1) is 11.8 Å². The van der Waals surface area contributed by atoms with Crippen molar-refractivity contribution in [3.8, 4) is 5.75 Å². The van der Waals surface area contributed by atoms with E-state index in [0.29, 0.717) is 6.61 Å². The van der Waals surface area contributed by atoms with Crippen molar-refractivity contribution in [1.82, 2.24) is 0 Å². The second kappa shape index (κ2) is 9.47. The minimum Gasteiger partial charge on any atom is -0.489 e. The van der Waals surface area contributed by atoms with Crippen LogP contribution >= 0.6 is 11.8 Å². The Bertz CT molecular complexity index is 909. The van der Waals surface area contributed by atoms with Gasteiger partial charge in [-0.2, -0.15) is 0 Å². The number of nitrogens with zero attached hydrogens (tertiary/aromatic N) is 1. The third-order valence-corrected chi connectivity index (χ3v) is 5.68. The number of benzene rings is 3. The molecule has 0 spiro atoms. The predicted molar refractivity (Wildman–Crippen MR) is 118 cm³/mol. The first-order chi connectivity index (χ1) is 13.6. The molecule has 3 aromatic rings. The second-order valence-electron chi connectivity index (χ2n) is 6.65. The molecule has 0 aliphatic carbocycles. The number of ketones is 1. The number of ether oxygens (including phenoxy) is 1. The molecule has 0 aromatic heterocycles. The molecule has 0 saturated heterocycles. The maximum atomic E-state index is 11.7. The van der Waals surface area contributed by atoms with Crippen molar-refractivity contribution >= 4 is 23.2 Å². The molecular formula is C24H25NO2S. The van der Waals surface area contributed by atoms with Crippen LogP contribution in [0.3, 0.4) is 0 Å². The van der Waals surface area contributed by atoms with E-state index in [0.717, 1.165) is 22.6 Å². The molecule has 0 fully saturated rings. The van der Waals surface area contributed by atoms with E-state index in [2.05, 4.69) is 42.5 Å². The predicted octanol–water partition coefficient (Wildman–Crippen LogP) is 5.97. The first-order valence-corrected chi connectivity index (χ1v) is 10.5. The number of Topliss-reactive ketones (excluding diaryl/α,β-unsaturated/α-hetero) is 1. The Kier molecular flexibility index (Phi) is 6.77. The Labute approximate surface area is 171 Å². The zero-order valence-corrected chi connectivity index (χ0v) is 17.3. The summed E-state index contributed by atoms with van der Waals surface area (Å²) in [6.45, 7) is 2.16. The maximum absolute atomic E-state index is 11.7. The van der Waals surface area contributed by atoms with E-state index in [4.69, 9.17) is 4.74 Å². The van der Waals surface area contributed by atoms with Gasteiger partial charge < -0.3 is 9.64 Å². The number of carbonyl (C=O) groups is 1. The van der Waals surface area contributed by atoms with Crippen LogP contribution in [-0.2, 0) is 6.61 Å². The number of anilines is 1. The van der Waals surface area contributed by atoms with Crippen molar-refractivity contribution in [2.45, 2.75) is 18.9 Å². The summed E-state index contributed by atoms with van der Waals surface area (Å²) < 4.78 is 5.89. The molecule has 1 unspecified atom stereocenters. The third-order valence-electron chi connectivity index (χ3n) is 4.65. The van der Waals surface area contributed by atoms with Gasteiger partial charge in [0.2, 0.25) is 0 Å². The molecule has 28 heavy (non-hydrogen) atoms. The van der Waals surface area contributed by atoms with Crippen LogP contribution in [0.2, 0.25) is 0 Å². The lowest BCUT2D eigenvalue weighted by Gasteiger charge is -2.29. The van der Waals surface area contributed by atoms with Crippen LogP contribution in [0.25, 0.3) is 0 Å². The molecule has 0 aliphatic heterocycles. The number of thioether (sulfide) groups is 1.